The van der Waals surface area contributed by atoms with Gasteiger partial charge in [0.2, 0.25) is 0 Å². The number of benzene rings is 1. The van der Waals surface area contributed by atoms with E-state index in [9.17, 15) is 23.3 Å². The van der Waals surface area contributed by atoms with Gasteiger partial charge in [-0.15, -0.1) is 0 Å². The van der Waals surface area contributed by atoms with E-state index in [0.717, 1.165) is 6.07 Å². The highest BCUT2D eigenvalue weighted by atomic mass is 35.7. The zero-order chi connectivity index (χ0) is 12.5. The first kappa shape index (κ1) is 12.6. The molecule has 1 aromatic carbocycles. The van der Waals surface area contributed by atoms with Crippen LogP contribution in [0.3, 0.4) is 0 Å². The van der Waals surface area contributed by atoms with E-state index in [4.69, 9.17) is 10.7 Å². The van der Waals surface area contributed by atoms with Gasteiger partial charge in [0.05, 0.1) is 4.92 Å². The van der Waals surface area contributed by atoms with Crippen molar-refractivity contribution < 1.29 is 18.1 Å². The Balaban J connectivity index is 3.73. The lowest BCUT2D eigenvalue weighted by atomic mass is 10.1. The number of hydrogen-bond acceptors (Lipinski definition) is 5. The van der Waals surface area contributed by atoms with E-state index >= 15 is 0 Å². The molecule has 0 bridgehead atoms. The SMILES string of the molecule is Cc1cc(C=O)cc([N+](=O)[O-])c1S(=O)(=O)Cl. The Morgan fingerprint density at radius 2 is 2.00 bits per heavy atom. The average Bonchev–Trinajstić information content (AvgIpc) is 2.14. The van der Waals surface area contributed by atoms with Crippen LogP contribution in [-0.2, 0) is 9.05 Å². The lowest BCUT2D eigenvalue weighted by molar-refractivity contribution is -0.387. The molecule has 0 radical (unpaired) electrons. The number of nitro benzene ring substituents is 1. The zero-order valence-electron chi connectivity index (χ0n) is 8.01. The van der Waals surface area contributed by atoms with Crippen molar-refractivity contribution in [3.05, 3.63) is 33.4 Å². The number of nitrogens with zero attached hydrogens (tertiary/aromatic N) is 1. The Morgan fingerprint density at radius 1 is 1.44 bits per heavy atom. The number of aldehydes is 1. The summed E-state index contributed by atoms with van der Waals surface area (Å²) in [6, 6.07) is 2.09. The van der Waals surface area contributed by atoms with E-state index in [-0.39, 0.29) is 11.1 Å². The molecule has 6 nitrogen and oxygen atoms in total. The summed E-state index contributed by atoms with van der Waals surface area (Å²) in [5.74, 6) is 0. The van der Waals surface area contributed by atoms with Gasteiger partial charge in [0, 0.05) is 22.3 Å². The van der Waals surface area contributed by atoms with Crippen LogP contribution < -0.4 is 0 Å². The van der Waals surface area contributed by atoms with E-state index in [0.29, 0.717) is 6.29 Å². The van der Waals surface area contributed by atoms with Crippen LogP contribution in [0.25, 0.3) is 0 Å². The van der Waals surface area contributed by atoms with Gasteiger partial charge >= 0.3 is 0 Å². The van der Waals surface area contributed by atoms with Crippen molar-refractivity contribution in [3.8, 4) is 0 Å². The molecule has 1 rings (SSSR count). The minimum absolute atomic E-state index is 0.0215. The second kappa shape index (κ2) is 4.18. The van der Waals surface area contributed by atoms with Crippen molar-refractivity contribution in [2.45, 2.75) is 11.8 Å². The fourth-order valence-electron chi connectivity index (χ4n) is 1.30. The van der Waals surface area contributed by atoms with Gasteiger partial charge in [-0.3, -0.25) is 14.9 Å². The highest BCUT2D eigenvalue weighted by molar-refractivity contribution is 8.13. The van der Waals surface area contributed by atoms with Crippen molar-refractivity contribution in [1.29, 1.82) is 0 Å². The Bertz CT molecular complexity index is 566. The maximum absolute atomic E-state index is 11.2. The van der Waals surface area contributed by atoms with Crippen molar-refractivity contribution in [2.24, 2.45) is 0 Å². The molecular weight excluding hydrogens is 258 g/mol. The number of halogens is 1. The Morgan fingerprint density at radius 3 is 2.38 bits per heavy atom. The third kappa shape index (κ3) is 2.37. The summed E-state index contributed by atoms with van der Waals surface area (Å²) in [6.07, 6.45) is 0.393. The molecule has 0 aromatic heterocycles. The van der Waals surface area contributed by atoms with Gasteiger partial charge in [-0.25, -0.2) is 8.42 Å². The van der Waals surface area contributed by atoms with Crippen LogP contribution in [-0.4, -0.2) is 19.6 Å². The average molecular weight is 264 g/mol. The molecule has 0 fully saturated rings. The molecule has 0 atom stereocenters. The van der Waals surface area contributed by atoms with Crippen LogP contribution in [0.4, 0.5) is 5.69 Å². The van der Waals surface area contributed by atoms with Crippen LogP contribution in [0.1, 0.15) is 15.9 Å². The first-order valence-corrected chi connectivity index (χ1v) is 6.27. The number of aryl methyl sites for hydroxylation is 1. The second-order valence-corrected chi connectivity index (χ2v) is 5.50. The van der Waals surface area contributed by atoms with Gasteiger partial charge in [0.25, 0.3) is 14.7 Å². The molecular formula is C8H6ClNO5S. The van der Waals surface area contributed by atoms with Gasteiger partial charge in [-0.05, 0) is 18.6 Å². The standard InChI is InChI=1S/C8H6ClNO5S/c1-5-2-6(4-11)3-7(10(12)13)8(5)16(9,14)15/h2-4H,1H3. The number of nitro groups is 1. The first-order chi connectivity index (χ1) is 7.27. The lowest BCUT2D eigenvalue weighted by Crippen LogP contribution is -2.03. The molecule has 0 aliphatic carbocycles. The Kier molecular flexibility index (Phi) is 3.30. The smallest absolute Gasteiger partial charge is 0.290 e. The maximum Gasteiger partial charge on any atom is 0.290 e. The molecule has 0 saturated carbocycles. The number of carbonyl (C=O) groups is 1. The third-order valence-electron chi connectivity index (χ3n) is 1.85. The molecule has 0 N–H and O–H groups in total. The monoisotopic (exact) mass is 263 g/mol. The minimum atomic E-state index is -4.22. The molecule has 0 saturated heterocycles. The molecule has 8 heteroatoms. The molecule has 0 aliphatic heterocycles. The molecule has 1 aromatic rings. The summed E-state index contributed by atoms with van der Waals surface area (Å²) < 4.78 is 22.3. The van der Waals surface area contributed by atoms with E-state index in [1.54, 1.807) is 0 Å². The first-order valence-electron chi connectivity index (χ1n) is 3.96. The lowest BCUT2D eigenvalue weighted by Gasteiger charge is -2.03. The van der Waals surface area contributed by atoms with Crippen LogP contribution in [0.5, 0.6) is 0 Å². The van der Waals surface area contributed by atoms with Crippen molar-refractivity contribution >= 4 is 31.7 Å². The van der Waals surface area contributed by atoms with Crippen LogP contribution in [0.15, 0.2) is 17.0 Å². The minimum Gasteiger partial charge on any atom is -0.298 e. The predicted octanol–water partition coefficient (Wildman–Crippen LogP) is 1.64. The van der Waals surface area contributed by atoms with Gasteiger partial charge in [0.15, 0.2) is 4.90 Å². The van der Waals surface area contributed by atoms with Gasteiger partial charge < -0.3 is 0 Å². The normalized spacial score (nSPS) is 11.1. The largest absolute Gasteiger partial charge is 0.298 e. The highest BCUT2D eigenvalue weighted by Crippen LogP contribution is 2.30. The van der Waals surface area contributed by atoms with E-state index in [1.807, 2.05) is 0 Å². The molecule has 0 amide bonds. The summed E-state index contributed by atoms with van der Waals surface area (Å²) in [7, 11) is 0.869. The van der Waals surface area contributed by atoms with Crippen molar-refractivity contribution in [3.63, 3.8) is 0 Å². The fourth-order valence-corrected chi connectivity index (χ4v) is 2.73. The van der Waals surface area contributed by atoms with E-state index in [2.05, 4.69) is 0 Å². The number of hydrogen-bond donors (Lipinski definition) is 0. The van der Waals surface area contributed by atoms with Crippen LogP contribution in [0.2, 0.25) is 0 Å². The summed E-state index contributed by atoms with van der Waals surface area (Å²) in [5, 5.41) is 10.7. The topological polar surface area (TPSA) is 94.3 Å². The summed E-state index contributed by atoms with van der Waals surface area (Å²) >= 11 is 0. The van der Waals surface area contributed by atoms with Crippen LogP contribution >= 0.6 is 10.7 Å². The van der Waals surface area contributed by atoms with E-state index < -0.39 is 24.6 Å². The quantitative estimate of drug-likeness (QED) is 0.358. The van der Waals surface area contributed by atoms with E-state index in [1.165, 1.54) is 13.0 Å². The predicted molar refractivity (Wildman–Crippen MR) is 56.3 cm³/mol. The van der Waals surface area contributed by atoms with Crippen LogP contribution in [0, 0.1) is 17.0 Å². The van der Waals surface area contributed by atoms with Crippen molar-refractivity contribution in [1.82, 2.24) is 0 Å². The summed E-state index contributed by atoms with van der Waals surface area (Å²) in [6.45, 7) is 1.33. The molecule has 0 heterocycles. The number of carbonyl (C=O) groups excluding carboxylic acids is 1. The highest BCUT2D eigenvalue weighted by Gasteiger charge is 2.27. The molecule has 16 heavy (non-hydrogen) atoms. The van der Waals surface area contributed by atoms with Gasteiger partial charge in [0.1, 0.15) is 6.29 Å². The Hall–Kier alpha value is -1.47. The number of rotatable bonds is 3. The third-order valence-corrected chi connectivity index (χ3v) is 3.34. The van der Waals surface area contributed by atoms with Gasteiger partial charge in [-0.1, -0.05) is 0 Å². The fraction of sp³-hybridized carbons (Fsp3) is 0.125. The molecule has 0 spiro atoms. The molecule has 0 aliphatic rings. The molecule has 0 unspecified atom stereocenters. The summed E-state index contributed by atoms with van der Waals surface area (Å²) in [4.78, 5) is 19.7. The Labute approximate surface area is 95.4 Å². The maximum atomic E-state index is 11.2. The van der Waals surface area contributed by atoms with Crippen molar-refractivity contribution in [2.75, 3.05) is 0 Å². The zero-order valence-corrected chi connectivity index (χ0v) is 9.58. The summed E-state index contributed by atoms with van der Waals surface area (Å²) in [5.41, 5.74) is -0.614. The second-order valence-electron chi connectivity index (χ2n) is 3.00. The van der Waals surface area contributed by atoms with Gasteiger partial charge in [-0.2, -0.15) is 0 Å². The molecule has 86 valence electrons.